The van der Waals surface area contributed by atoms with Gasteiger partial charge in [-0.05, 0) is 31.3 Å². The first-order valence-corrected chi connectivity index (χ1v) is 6.83. The van der Waals surface area contributed by atoms with Crippen LogP contribution in [0.3, 0.4) is 0 Å². The lowest BCUT2D eigenvalue weighted by molar-refractivity contribution is -0.127. The standard InChI is InChI=1S/C11H18N2OS/c1-15-8-4-7-13-10(14)11(9-12)5-2-3-6-11/h2-8H2,1H3,(H,13,14). The predicted molar refractivity (Wildman–Crippen MR) is 62.5 cm³/mol. The van der Waals surface area contributed by atoms with Crippen LogP contribution in [0.15, 0.2) is 0 Å². The third kappa shape index (κ3) is 3.13. The highest BCUT2D eigenvalue weighted by molar-refractivity contribution is 7.98. The van der Waals surface area contributed by atoms with Crippen LogP contribution < -0.4 is 5.32 Å². The zero-order chi connectivity index (χ0) is 11.1. The van der Waals surface area contributed by atoms with Gasteiger partial charge in [-0.3, -0.25) is 4.79 Å². The van der Waals surface area contributed by atoms with Gasteiger partial charge in [0.05, 0.1) is 6.07 Å². The minimum Gasteiger partial charge on any atom is -0.355 e. The van der Waals surface area contributed by atoms with E-state index in [1.54, 1.807) is 11.8 Å². The molecule has 1 aliphatic carbocycles. The monoisotopic (exact) mass is 226 g/mol. The van der Waals surface area contributed by atoms with Gasteiger partial charge in [-0.2, -0.15) is 17.0 Å². The van der Waals surface area contributed by atoms with Gasteiger partial charge in [-0.15, -0.1) is 0 Å². The number of carbonyl (C=O) groups excluding carboxylic acids is 1. The number of nitriles is 1. The van der Waals surface area contributed by atoms with Gasteiger partial charge >= 0.3 is 0 Å². The first-order valence-electron chi connectivity index (χ1n) is 5.44. The summed E-state index contributed by atoms with van der Waals surface area (Å²) in [7, 11) is 0. The van der Waals surface area contributed by atoms with Gasteiger partial charge in [0, 0.05) is 6.54 Å². The second-order valence-electron chi connectivity index (χ2n) is 4.00. The molecule has 1 N–H and O–H groups in total. The largest absolute Gasteiger partial charge is 0.355 e. The number of amides is 1. The first kappa shape index (κ1) is 12.4. The number of nitrogens with zero attached hydrogens (tertiary/aromatic N) is 1. The Balaban J connectivity index is 2.35. The predicted octanol–water partition coefficient (Wildman–Crippen LogP) is 1.94. The van der Waals surface area contributed by atoms with Gasteiger partial charge in [-0.25, -0.2) is 0 Å². The molecule has 1 fully saturated rings. The van der Waals surface area contributed by atoms with E-state index in [2.05, 4.69) is 17.6 Å². The molecule has 15 heavy (non-hydrogen) atoms. The molecular weight excluding hydrogens is 208 g/mol. The Hall–Kier alpha value is -0.690. The maximum Gasteiger partial charge on any atom is 0.240 e. The Morgan fingerprint density at radius 3 is 2.73 bits per heavy atom. The highest BCUT2D eigenvalue weighted by Gasteiger charge is 2.41. The summed E-state index contributed by atoms with van der Waals surface area (Å²) in [6.07, 6.45) is 6.51. The average molecular weight is 226 g/mol. The van der Waals surface area contributed by atoms with E-state index in [9.17, 15) is 4.79 Å². The van der Waals surface area contributed by atoms with Crippen LogP contribution in [0.4, 0.5) is 0 Å². The third-order valence-electron chi connectivity index (χ3n) is 2.92. The van der Waals surface area contributed by atoms with Crippen LogP contribution >= 0.6 is 11.8 Å². The number of carbonyl (C=O) groups is 1. The topological polar surface area (TPSA) is 52.9 Å². The van der Waals surface area contributed by atoms with E-state index in [1.807, 2.05) is 0 Å². The quantitative estimate of drug-likeness (QED) is 0.729. The molecular formula is C11H18N2OS. The molecule has 4 heteroatoms. The number of hydrogen-bond acceptors (Lipinski definition) is 3. The van der Waals surface area contributed by atoms with Crippen LogP contribution in [0, 0.1) is 16.7 Å². The van der Waals surface area contributed by atoms with Crippen LogP contribution in [0.1, 0.15) is 32.1 Å². The van der Waals surface area contributed by atoms with Crippen LogP contribution in [0.5, 0.6) is 0 Å². The summed E-state index contributed by atoms with van der Waals surface area (Å²) in [5, 5.41) is 12.0. The minimum atomic E-state index is -0.709. The van der Waals surface area contributed by atoms with Crippen LogP contribution in [0.25, 0.3) is 0 Å². The lowest BCUT2D eigenvalue weighted by Crippen LogP contribution is -2.38. The van der Waals surface area contributed by atoms with E-state index in [0.717, 1.165) is 37.9 Å². The number of hydrogen-bond donors (Lipinski definition) is 1. The molecule has 0 heterocycles. The summed E-state index contributed by atoms with van der Waals surface area (Å²) in [4.78, 5) is 11.8. The number of thioether (sulfide) groups is 1. The molecule has 0 bridgehead atoms. The van der Waals surface area contributed by atoms with Crippen molar-refractivity contribution in [2.45, 2.75) is 32.1 Å². The van der Waals surface area contributed by atoms with Gasteiger partial charge < -0.3 is 5.32 Å². The molecule has 0 aromatic carbocycles. The van der Waals surface area contributed by atoms with Gasteiger partial charge in [0.1, 0.15) is 5.41 Å². The van der Waals surface area contributed by atoms with E-state index in [1.165, 1.54) is 0 Å². The second kappa shape index (κ2) is 6.02. The van der Waals surface area contributed by atoms with Crippen molar-refractivity contribution in [2.24, 2.45) is 5.41 Å². The van der Waals surface area contributed by atoms with Gasteiger partial charge in [0.25, 0.3) is 0 Å². The lowest BCUT2D eigenvalue weighted by Gasteiger charge is -2.18. The minimum absolute atomic E-state index is 0.0522. The Morgan fingerprint density at radius 1 is 1.53 bits per heavy atom. The maximum absolute atomic E-state index is 11.8. The summed E-state index contributed by atoms with van der Waals surface area (Å²) in [5.41, 5.74) is -0.709. The van der Waals surface area contributed by atoms with Crippen LogP contribution in [-0.2, 0) is 4.79 Å². The van der Waals surface area contributed by atoms with Gasteiger partial charge in [-0.1, -0.05) is 12.8 Å². The zero-order valence-corrected chi connectivity index (χ0v) is 10.0. The van der Waals surface area contributed by atoms with Gasteiger partial charge in [0.15, 0.2) is 0 Å². The summed E-state index contributed by atoms with van der Waals surface area (Å²) in [6, 6.07) is 2.20. The van der Waals surface area contributed by atoms with Crippen molar-refractivity contribution in [1.29, 1.82) is 5.26 Å². The molecule has 0 radical (unpaired) electrons. The van der Waals surface area contributed by atoms with E-state index in [4.69, 9.17) is 5.26 Å². The van der Waals surface area contributed by atoms with Crippen LogP contribution in [-0.4, -0.2) is 24.5 Å². The SMILES string of the molecule is CSCCCNC(=O)C1(C#N)CCCC1. The van der Waals surface area contributed by atoms with Crippen molar-refractivity contribution in [3.8, 4) is 6.07 Å². The highest BCUT2D eigenvalue weighted by atomic mass is 32.2. The molecule has 0 atom stereocenters. The van der Waals surface area contributed by atoms with Crippen molar-refractivity contribution < 1.29 is 4.79 Å². The Bertz CT molecular complexity index is 254. The molecule has 0 aliphatic heterocycles. The fourth-order valence-corrected chi connectivity index (χ4v) is 2.39. The summed E-state index contributed by atoms with van der Waals surface area (Å²) >= 11 is 1.77. The van der Waals surface area contributed by atoms with Crippen molar-refractivity contribution in [1.82, 2.24) is 5.32 Å². The maximum atomic E-state index is 11.8. The van der Waals surface area contributed by atoms with Crippen molar-refractivity contribution in [3.05, 3.63) is 0 Å². The molecule has 1 aliphatic rings. The first-order chi connectivity index (χ1) is 7.25. The van der Waals surface area contributed by atoms with Gasteiger partial charge in [0.2, 0.25) is 5.91 Å². The lowest BCUT2D eigenvalue weighted by atomic mass is 9.87. The van der Waals surface area contributed by atoms with Crippen molar-refractivity contribution >= 4 is 17.7 Å². The molecule has 84 valence electrons. The molecule has 0 saturated heterocycles. The second-order valence-corrected chi connectivity index (χ2v) is 4.99. The van der Waals surface area contributed by atoms with Crippen LogP contribution in [0.2, 0.25) is 0 Å². The Morgan fingerprint density at radius 2 is 2.20 bits per heavy atom. The van der Waals surface area contributed by atoms with E-state index >= 15 is 0 Å². The summed E-state index contributed by atoms with van der Waals surface area (Å²) < 4.78 is 0. The summed E-state index contributed by atoms with van der Waals surface area (Å²) in [5.74, 6) is 1.00. The van der Waals surface area contributed by atoms with E-state index < -0.39 is 5.41 Å². The number of nitrogens with one attached hydrogen (secondary N) is 1. The van der Waals surface area contributed by atoms with E-state index in [0.29, 0.717) is 6.54 Å². The third-order valence-corrected chi connectivity index (χ3v) is 3.61. The zero-order valence-electron chi connectivity index (χ0n) is 9.21. The molecule has 1 rings (SSSR count). The molecule has 1 saturated carbocycles. The smallest absolute Gasteiger partial charge is 0.240 e. The molecule has 0 aromatic heterocycles. The average Bonchev–Trinajstić information content (AvgIpc) is 2.74. The van der Waals surface area contributed by atoms with E-state index in [-0.39, 0.29) is 5.91 Å². The molecule has 1 amide bonds. The van der Waals surface area contributed by atoms with Crippen molar-refractivity contribution in [2.75, 3.05) is 18.6 Å². The molecule has 0 aromatic rings. The fraction of sp³-hybridized carbons (Fsp3) is 0.818. The Kier molecular flexibility index (Phi) is 4.97. The summed E-state index contributed by atoms with van der Waals surface area (Å²) in [6.45, 7) is 0.698. The fourth-order valence-electron chi connectivity index (χ4n) is 1.96. The van der Waals surface area contributed by atoms with Crippen molar-refractivity contribution in [3.63, 3.8) is 0 Å². The Labute approximate surface area is 95.6 Å². The normalized spacial score (nSPS) is 18.4. The molecule has 0 unspecified atom stereocenters. The highest BCUT2D eigenvalue weighted by Crippen LogP contribution is 2.37. The molecule has 3 nitrogen and oxygen atoms in total. The number of rotatable bonds is 5. The molecule has 0 spiro atoms.